The van der Waals surface area contributed by atoms with Crippen molar-refractivity contribution in [2.45, 2.75) is 77.4 Å². The number of aliphatic hydroxyl groups is 2. The van der Waals surface area contributed by atoms with E-state index in [2.05, 4.69) is 13.8 Å². The highest BCUT2D eigenvalue weighted by Crippen LogP contribution is 2.66. The van der Waals surface area contributed by atoms with Gasteiger partial charge in [0.25, 0.3) is 0 Å². The zero-order valence-electron chi connectivity index (χ0n) is 17.8. The third kappa shape index (κ3) is 3.17. The van der Waals surface area contributed by atoms with Gasteiger partial charge in [0.2, 0.25) is 0 Å². The SMILES string of the molecule is C[C@]12CCC(OC(=O)CCN)CC1C(CO)C(O)[C@@H]1[C@H]2CC[C@]2(C)C(=O)CC[C@@H]12. The van der Waals surface area contributed by atoms with Crippen molar-refractivity contribution in [3.63, 3.8) is 0 Å². The van der Waals surface area contributed by atoms with Crippen molar-refractivity contribution in [2.24, 2.45) is 46.2 Å². The second-order valence-corrected chi connectivity index (χ2v) is 10.6. The zero-order chi connectivity index (χ0) is 21.0. The molecule has 0 bridgehead atoms. The summed E-state index contributed by atoms with van der Waals surface area (Å²) in [6.45, 7) is 4.64. The summed E-state index contributed by atoms with van der Waals surface area (Å²) >= 11 is 0. The molecule has 0 heterocycles. The zero-order valence-corrected chi connectivity index (χ0v) is 17.8. The summed E-state index contributed by atoms with van der Waals surface area (Å²) in [5, 5.41) is 21.7. The second-order valence-electron chi connectivity index (χ2n) is 10.6. The Balaban J connectivity index is 1.60. The Labute approximate surface area is 173 Å². The van der Waals surface area contributed by atoms with Crippen LogP contribution in [0.3, 0.4) is 0 Å². The molecule has 0 radical (unpaired) electrons. The van der Waals surface area contributed by atoms with E-state index in [1.54, 1.807) is 0 Å². The third-order valence-electron chi connectivity index (χ3n) is 9.46. The van der Waals surface area contributed by atoms with Crippen LogP contribution in [0.5, 0.6) is 0 Å². The van der Waals surface area contributed by atoms with Crippen molar-refractivity contribution < 1.29 is 24.5 Å². The Kier molecular flexibility index (Phi) is 5.58. The van der Waals surface area contributed by atoms with Crippen LogP contribution in [0.2, 0.25) is 0 Å². The molecule has 0 amide bonds. The van der Waals surface area contributed by atoms with Gasteiger partial charge in [-0.25, -0.2) is 0 Å². The van der Waals surface area contributed by atoms with Crippen LogP contribution in [-0.2, 0) is 14.3 Å². The van der Waals surface area contributed by atoms with Crippen LogP contribution in [0.25, 0.3) is 0 Å². The molecule has 0 spiro atoms. The van der Waals surface area contributed by atoms with E-state index in [9.17, 15) is 19.8 Å². The number of aliphatic hydroxyl groups excluding tert-OH is 2. The van der Waals surface area contributed by atoms with Gasteiger partial charge < -0.3 is 20.7 Å². The van der Waals surface area contributed by atoms with Crippen molar-refractivity contribution in [3.05, 3.63) is 0 Å². The molecular weight excluding hydrogens is 370 g/mol. The molecule has 0 aromatic carbocycles. The molecule has 4 rings (SSSR count). The highest BCUT2D eigenvalue weighted by atomic mass is 16.5. The summed E-state index contributed by atoms with van der Waals surface area (Å²) in [6.07, 6.45) is 5.27. The van der Waals surface area contributed by atoms with Gasteiger partial charge in [-0.05, 0) is 67.6 Å². The van der Waals surface area contributed by atoms with Gasteiger partial charge in [0.15, 0.2) is 0 Å². The summed E-state index contributed by atoms with van der Waals surface area (Å²) in [7, 11) is 0. The average molecular weight is 408 g/mol. The molecule has 0 aliphatic heterocycles. The molecule has 4 fully saturated rings. The lowest BCUT2D eigenvalue weighted by Crippen LogP contribution is -2.63. The molecule has 6 nitrogen and oxygen atoms in total. The minimum atomic E-state index is -0.600. The predicted octanol–water partition coefficient (Wildman–Crippen LogP) is 2.05. The van der Waals surface area contributed by atoms with E-state index in [0.717, 1.165) is 32.1 Å². The molecule has 4 aliphatic carbocycles. The third-order valence-corrected chi connectivity index (χ3v) is 9.46. The largest absolute Gasteiger partial charge is 0.462 e. The number of hydrogen-bond donors (Lipinski definition) is 3. The van der Waals surface area contributed by atoms with Crippen LogP contribution >= 0.6 is 0 Å². The minimum absolute atomic E-state index is 0.00103. The normalized spacial score (nSPS) is 49.1. The Morgan fingerprint density at radius 3 is 2.62 bits per heavy atom. The second kappa shape index (κ2) is 7.61. The van der Waals surface area contributed by atoms with Gasteiger partial charge in [0, 0.05) is 30.9 Å². The Morgan fingerprint density at radius 1 is 1.17 bits per heavy atom. The van der Waals surface area contributed by atoms with E-state index in [1.807, 2.05) is 0 Å². The number of rotatable bonds is 4. The fourth-order valence-electron chi connectivity index (χ4n) is 7.89. The number of ether oxygens (including phenoxy) is 1. The molecule has 164 valence electrons. The lowest BCUT2D eigenvalue weighted by Gasteiger charge is -2.63. The molecule has 4 saturated carbocycles. The maximum atomic E-state index is 12.6. The minimum Gasteiger partial charge on any atom is -0.462 e. The maximum Gasteiger partial charge on any atom is 0.307 e. The van der Waals surface area contributed by atoms with E-state index in [-0.39, 0.29) is 66.1 Å². The number of carbonyl (C=O) groups is 2. The van der Waals surface area contributed by atoms with Gasteiger partial charge >= 0.3 is 5.97 Å². The van der Waals surface area contributed by atoms with Gasteiger partial charge in [0.05, 0.1) is 12.5 Å². The number of Topliss-reactive ketones (excluding diaryl/α,β-unsaturated/α-hetero) is 1. The molecule has 0 aromatic rings. The van der Waals surface area contributed by atoms with E-state index < -0.39 is 6.10 Å². The van der Waals surface area contributed by atoms with Crippen LogP contribution in [0.1, 0.15) is 65.2 Å². The van der Waals surface area contributed by atoms with E-state index >= 15 is 0 Å². The fraction of sp³-hybridized carbons (Fsp3) is 0.913. The van der Waals surface area contributed by atoms with Crippen molar-refractivity contribution in [2.75, 3.05) is 13.2 Å². The summed E-state index contributed by atoms with van der Waals surface area (Å²) in [6, 6.07) is 0. The molecule has 9 atom stereocenters. The highest BCUT2D eigenvalue weighted by molar-refractivity contribution is 5.87. The first kappa shape index (κ1) is 21.3. The Hall–Kier alpha value is -0.980. The number of carbonyl (C=O) groups excluding carboxylic acids is 2. The van der Waals surface area contributed by atoms with Crippen LogP contribution < -0.4 is 5.73 Å². The first-order valence-electron chi connectivity index (χ1n) is 11.5. The molecule has 4 N–H and O–H groups in total. The van der Waals surface area contributed by atoms with E-state index in [4.69, 9.17) is 10.5 Å². The molecule has 4 unspecified atom stereocenters. The fourth-order valence-corrected chi connectivity index (χ4v) is 7.89. The van der Waals surface area contributed by atoms with Gasteiger partial charge in [-0.15, -0.1) is 0 Å². The topological polar surface area (TPSA) is 110 Å². The monoisotopic (exact) mass is 407 g/mol. The molecule has 6 heteroatoms. The average Bonchev–Trinajstić information content (AvgIpc) is 2.98. The Morgan fingerprint density at radius 2 is 1.93 bits per heavy atom. The molecule has 4 aliphatic rings. The Bertz CT molecular complexity index is 668. The van der Waals surface area contributed by atoms with Crippen LogP contribution in [-0.4, -0.2) is 47.3 Å². The number of ketones is 1. The van der Waals surface area contributed by atoms with Gasteiger partial charge in [0.1, 0.15) is 11.9 Å². The van der Waals surface area contributed by atoms with Gasteiger partial charge in [-0.3, -0.25) is 9.59 Å². The molecular formula is C23H37NO5. The van der Waals surface area contributed by atoms with Gasteiger partial charge in [-0.1, -0.05) is 13.8 Å². The van der Waals surface area contributed by atoms with Crippen LogP contribution in [0.15, 0.2) is 0 Å². The van der Waals surface area contributed by atoms with E-state index in [0.29, 0.717) is 24.5 Å². The van der Waals surface area contributed by atoms with E-state index in [1.165, 1.54) is 0 Å². The van der Waals surface area contributed by atoms with Gasteiger partial charge in [-0.2, -0.15) is 0 Å². The molecule has 29 heavy (non-hydrogen) atoms. The number of fused-ring (bicyclic) bond motifs is 5. The number of hydrogen-bond acceptors (Lipinski definition) is 6. The highest BCUT2D eigenvalue weighted by Gasteiger charge is 2.65. The summed E-state index contributed by atoms with van der Waals surface area (Å²) < 4.78 is 5.66. The van der Waals surface area contributed by atoms with Crippen molar-refractivity contribution in [3.8, 4) is 0 Å². The number of nitrogens with two attached hydrogens (primary N) is 1. The summed E-state index contributed by atoms with van der Waals surface area (Å²) in [5.41, 5.74) is 5.16. The lowest BCUT2D eigenvalue weighted by molar-refractivity contribution is -0.208. The molecule has 0 saturated heterocycles. The van der Waals surface area contributed by atoms with Crippen LogP contribution in [0.4, 0.5) is 0 Å². The van der Waals surface area contributed by atoms with Crippen LogP contribution in [0, 0.1) is 40.4 Å². The van der Waals surface area contributed by atoms with Crippen molar-refractivity contribution in [1.29, 1.82) is 0 Å². The first-order chi connectivity index (χ1) is 13.8. The smallest absolute Gasteiger partial charge is 0.307 e. The van der Waals surface area contributed by atoms with Crippen molar-refractivity contribution in [1.82, 2.24) is 0 Å². The number of esters is 1. The molecule has 0 aromatic heterocycles. The maximum absolute atomic E-state index is 12.6. The summed E-state index contributed by atoms with van der Waals surface area (Å²) in [5.74, 6) is 0.649. The quantitative estimate of drug-likeness (QED) is 0.615. The first-order valence-corrected chi connectivity index (χ1v) is 11.5. The predicted molar refractivity (Wildman–Crippen MR) is 108 cm³/mol. The lowest BCUT2D eigenvalue weighted by atomic mass is 9.42. The standard InChI is InChI=1S/C23H37NO5/c1-22-8-5-13(29-19(27)7-10-24)11-17(22)14(12-25)21(28)20-15-3-4-18(26)23(15,2)9-6-16(20)22/h13-17,20-21,25,28H,3-12,24H2,1-2H3/t13?,14?,15-,16+,17?,20-,21?,22+,23-/m0/s1. The summed E-state index contributed by atoms with van der Waals surface area (Å²) in [4.78, 5) is 24.6. The van der Waals surface area contributed by atoms with Crippen molar-refractivity contribution >= 4 is 11.8 Å².